The second kappa shape index (κ2) is 6.21. The third kappa shape index (κ3) is 3.58. The van der Waals surface area contributed by atoms with Crippen LogP contribution in [0.5, 0.6) is 5.75 Å². The first kappa shape index (κ1) is 14.1. The number of anilines is 1. The molecule has 0 unspecified atom stereocenters. The van der Waals surface area contributed by atoms with Gasteiger partial charge in [0.2, 0.25) is 0 Å². The topological polar surface area (TPSA) is 81.9 Å². The van der Waals surface area contributed by atoms with Crippen LogP contribution in [0.1, 0.15) is 15.9 Å². The quantitative estimate of drug-likeness (QED) is 0.591. The highest BCUT2D eigenvalue weighted by atomic mass is 79.9. The smallest absolute Gasteiger partial charge is 0.335 e. The number of aromatic carboxylic acids is 1. The molecule has 102 valence electrons. The van der Waals surface area contributed by atoms with E-state index in [-0.39, 0.29) is 11.3 Å². The molecule has 2 rings (SSSR count). The molecule has 0 aromatic heterocycles. The van der Waals surface area contributed by atoms with Crippen molar-refractivity contribution in [1.29, 1.82) is 0 Å². The molecule has 0 heterocycles. The molecule has 0 saturated carbocycles. The molecule has 5 nitrogen and oxygen atoms in total. The van der Waals surface area contributed by atoms with Crippen LogP contribution in [0.2, 0.25) is 0 Å². The van der Waals surface area contributed by atoms with Gasteiger partial charge in [0.25, 0.3) is 0 Å². The molecule has 0 atom stereocenters. The first-order chi connectivity index (χ1) is 9.56. The lowest BCUT2D eigenvalue weighted by Crippen LogP contribution is -1.97. The summed E-state index contributed by atoms with van der Waals surface area (Å²) in [6, 6.07) is 11.3. The fourth-order valence-electron chi connectivity index (χ4n) is 1.53. The Morgan fingerprint density at radius 2 is 2.05 bits per heavy atom. The number of halogens is 1. The molecule has 2 aromatic carbocycles. The van der Waals surface area contributed by atoms with Gasteiger partial charge in [0.1, 0.15) is 5.75 Å². The number of hydrogen-bond acceptors (Lipinski definition) is 4. The van der Waals surface area contributed by atoms with E-state index in [0.29, 0.717) is 11.3 Å². The SMILES string of the molecule is O=C(O)c1cccc(N/N=C/c2cc(Br)ccc2O)c1. The van der Waals surface area contributed by atoms with E-state index in [1.165, 1.54) is 18.3 Å². The van der Waals surface area contributed by atoms with Gasteiger partial charge in [0.15, 0.2) is 0 Å². The van der Waals surface area contributed by atoms with E-state index in [4.69, 9.17) is 5.11 Å². The summed E-state index contributed by atoms with van der Waals surface area (Å²) in [6.45, 7) is 0. The van der Waals surface area contributed by atoms with E-state index in [2.05, 4.69) is 26.5 Å². The molecule has 0 bridgehead atoms. The van der Waals surface area contributed by atoms with Gasteiger partial charge in [0.05, 0.1) is 17.5 Å². The van der Waals surface area contributed by atoms with E-state index in [1.54, 1.807) is 30.3 Å². The summed E-state index contributed by atoms with van der Waals surface area (Å²) < 4.78 is 0.824. The zero-order valence-corrected chi connectivity index (χ0v) is 11.8. The summed E-state index contributed by atoms with van der Waals surface area (Å²) in [5.41, 5.74) is 3.99. The number of hydrazone groups is 1. The lowest BCUT2D eigenvalue weighted by atomic mass is 10.2. The van der Waals surface area contributed by atoms with E-state index >= 15 is 0 Å². The highest BCUT2D eigenvalue weighted by molar-refractivity contribution is 9.10. The van der Waals surface area contributed by atoms with Gasteiger partial charge in [-0.1, -0.05) is 22.0 Å². The first-order valence-corrected chi connectivity index (χ1v) is 6.46. The Bertz CT molecular complexity index is 671. The van der Waals surface area contributed by atoms with Gasteiger partial charge in [-0.05, 0) is 36.4 Å². The predicted molar refractivity (Wildman–Crippen MR) is 80.4 cm³/mol. The third-order valence-electron chi connectivity index (χ3n) is 2.50. The average molecular weight is 335 g/mol. The zero-order chi connectivity index (χ0) is 14.5. The lowest BCUT2D eigenvalue weighted by molar-refractivity contribution is 0.0697. The third-order valence-corrected chi connectivity index (χ3v) is 2.99. The molecule has 20 heavy (non-hydrogen) atoms. The fraction of sp³-hybridized carbons (Fsp3) is 0. The van der Waals surface area contributed by atoms with Crippen molar-refractivity contribution in [1.82, 2.24) is 0 Å². The van der Waals surface area contributed by atoms with Crippen LogP contribution in [0.4, 0.5) is 5.69 Å². The molecule has 0 radical (unpaired) electrons. The van der Waals surface area contributed by atoms with Crippen LogP contribution in [0.25, 0.3) is 0 Å². The number of phenols is 1. The summed E-state index contributed by atoms with van der Waals surface area (Å²) >= 11 is 3.30. The summed E-state index contributed by atoms with van der Waals surface area (Å²) in [4.78, 5) is 10.8. The second-order valence-corrected chi connectivity index (χ2v) is 4.87. The Morgan fingerprint density at radius 1 is 1.25 bits per heavy atom. The molecular formula is C14H11BrN2O3. The fourth-order valence-corrected chi connectivity index (χ4v) is 1.91. The minimum absolute atomic E-state index is 0.109. The molecule has 0 saturated heterocycles. The summed E-state index contributed by atoms with van der Waals surface area (Å²) in [6.07, 6.45) is 1.45. The van der Waals surface area contributed by atoms with Crippen molar-refractivity contribution in [3.8, 4) is 5.75 Å². The molecule has 0 spiro atoms. The molecule has 0 aliphatic rings. The van der Waals surface area contributed by atoms with E-state index in [1.807, 2.05) is 0 Å². The lowest BCUT2D eigenvalue weighted by Gasteiger charge is -2.02. The van der Waals surface area contributed by atoms with Crippen molar-refractivity contribution < 1.29 is 15.0 Å². The van der Waals surface area contributed by atoms with Gasteiger partial charge in [0, 0.05) is 10.0 Å². The van der Waals surface area contributed by atoms with Gasteiger partial charge in [-0.3, -0.25) is 5.43 Å². The van der Waals surface area contributed by atoms with Crippen LogP contribution in [-0.4, -0.2) is 22.4 Å². The monoisotopic (exact) mass is 334 g/mol. The average Bonchev–Trinajstić information content (AvgIpc) is 2.43. The van der Waals surface area contributed by atoms with Crippen LogP contribution in [0, 0.1) is 0 Å². The number of aromatic hydroxyl groups is 1. The molecule has 3 N–H and O–H groups in total. The number of benzene rings is 2. The Labute approximate surface area is 123 Å². The maximum atomic E-state index is 10.8. The maximum Gasteiger partial charge on any atom is 0.335 e. The highest BCUT2D eigenvalue weighted by Gasteiger charge is 2.02. The van der Waals surface area contributed by atoms with Crippen molar-refractivity contribution in [3.05, 3.63) is 58.1 Å². The number of nitrogens with one attached hydrogen (secondary N) is 1. The Balaban J connectivity index is 2.12. The predicted octanol–water partition coefficient (Wildman–Crippen LogP) is 3.30. The first-order valence-electron chi connectivity index (χ1n) is 5.67. The number of carboxylic acids is 1. The van der Waals surface area contributed by atoms with Gasteiger partial charge in [-0.2, -0.15) is 5.10 Å². The molecule has 0 aliphatic heterocycles. The largest absolute Gasteiger partial charge is 0.507 e. The Kier molecular flexibility index (Phi) is 4.37. The highest BCUT2D eigenvalue weighted by Crippen LogP contribution is 2.20. The number of rotatable bonds is 4. The minimum Gasteiger partial charge on any atom is -0.507 e. The van der Waals surface area contributed by atoms with Crippen molar-refractivity contribution in [3.63, 3.8) is 0 Å². The zero-order valence-electron chi connectivity index (χ0n) is 10.2. The van der Waals surface area contributed by atoms with E-state index in [0.717, 1.165) is 4.47 Å². The van der Waals surface area contributed by atoms with Crippen molar-refractivity contribution in [2.24, 2.45) is 5.10 Å². The standard InChI is InChI=1S/C14H11BrN2O3/c15-11-4-5-13(18)10(6-11)8-16-17-12-3-1-2-9(7-12)14(19)20/h1-8,17-18H,(H,19,20)/b16-8+. The molecule has 2 aromatic rings. The number of carbonyl (C=O) groups is 1. The van der Waals surface area contributed by atoms with Crippen LogP contribution >= 0.6 is 15.9 Å². The van der Waals surface area contributed by atoms with Crippen LogP contribution in [0.15, 0.2) is 52.0 Å². The van der Waals surface area contributed by atoms with Crippen molar-refractivity contribution in [2.75, 3.05) is 5.43 Å². The summed E-state index contributed by atoms with van der Waals surface area (Å²) in [7, 11) is 0. The van der Waals surface area contributed by atoms with Crippen LogP contribution < -0.4 is 5.43 Å². The number of phenolic OH excluding ortho intramolecular Hbond substituents is 1. The van der Waals surface area contributed by atoms with Gasteiger partial charge in [-0.25, -0.2) is 4.79 Å². The van der Waals surface area contributed by atoms with Crippen LogP contribution in [-0.2, 0) is 0 Å². The molecule has 6 heteroatoms. The minimum atomic E-state index is -0.998. The van der Waals surface area contributed by atoms with Gasteiger partial charge in [-0.15, -0.1) is 0 Å². The van der Waals surface area contributed by atoms with Crippen LogP contribution in [0.3, 0.4) is 0 Å². The maximum absolute atomic E-state index is 10.8. The Hall–Kier alpha value is -2.34. The molecular weight excluding hydrogens is 324 g/mol. The Morgan fingerprint density at radius 3 is 2.80 bits per heavy atom. The van der Waals surface area contributed by atoms with E-state index in [9.17, 15) is 9.90 Å². The number of carboxylic acid groups (broad SMARTS) is 1. The van der Waals surface area contributed by atoms with E-state index < -0.39 is 5.97 Å². The molecule has 0 fully saturated rings. The molecule has 0 amide bonds. The summed E-state index contributed by atoms with van der Waals surface area (Å²) in [5.74, 6) is -0.889. The number of nitrogens with zero attached hydrogens (tertiary/aromatic N) is 1. The van der Waals surface area contributed by atoms with Crippen molar-refractivity contribution in [2.45, 2.75) is 0 Å². The van der Waals surface area contributed by atoms with Crippen molar-refractivity contribution >= 4 is 33.8 Å². The van der Waals surface area contributed by atoms with Gasteiger partial charge >= 0.3 is 5.97 Å². The number of hydrogen-bond donors (Lipinski definition) is 3. The molecule has 0 aliphatic carbocycles. The summed E-state index contributed by atoms with van der Waals surface area (Å²) in [5, 5.41) is 22.5. The normalized spacial score (nSPS) is 10.7. The van der Waals surface area contributed by atoms with Gasteiger partial charge < -0.3 is 10.2 Å². The second-order valence-electron chi connectivity index (χ2n) is 3.96.